The molecule has 1 atom stereocenters. The molecule has 29 heavy (non-hydrogen) atoms. The fraction of sp³-hybridized carbons (Fsp3) is 0.381. The van der Waals surface area contributed by atoms with Crippen molar-refractivity contribution in [3.8, 4) is 6.07 Å². The SMILES string of the molecule is CC(C)c1ccc(C(NC(=O)Cn2cc([N+](=O)[O-])cc(C#N)c2=O)C(C)C)cc1. The second kappa shape index (κ2) is 9.15. The van der Waals surface area contributed by atoms with E-state index in [4.69, 9.17) is 5.26 Å². The Labute approximate surface area is 168 Å². The topological polar surface area (TPSA) is 118 Å². The molecule has 152 valence electrons. The number of carbonyl (C=O) groups is 1. The number of nitrogens with one attached hydrogen (secondary N) is 1. The van der Waals surface area contributed by atoms with Gasteiger partial charge in [0.1, 0.15) is 18.2 Å². The average molecular weight is 396 g/mol. The zero-order valence-corrected chi connectivity index (χ0v) is 16.9. The number of hydrogen-bond acceptors (Lipinski definition) is 5. The lowest BCUT2D eigenvalue weighted by atomic mass is 9.93. The van der Waals surface area contributed by atoms with Gasteiger partial charge in [0.15, 0.2) is 0 Å². The minimum Gasteiger partial charge on any atom is -0.347 e. The standard InChI is InChI=1S/C21H24N4O4/c1-13(2)15-5-7-16(8-6-15)20(14(3)4)23-19(26)12-24-11-18(25(28)29)9-17(10-22)21(24)27/h5-9,11,13-14,20H,12H2,1-4H3,(H,23,26). The van der Waals surface area contributed by atoms with Gasteiger partial charge in [0.25, 0.3) is 11.2 Å². The summed E-state index contributed by atoms with van der Waals surface area (Å²) >= 11 is 0. The summed E-state index contributed by atoms with van der Waals surface area (Å²) in [5.74, 6) is 0.00897. The highest BCUT2D eigenvalue weighted by Gasteiger charge is 2.20. The van der Waals surface area contributed by atoms with Crippen molar-refractivity contribution in [2.75, 3.05) is 0 Å². The second-order valence-electron chi connectivity index (χ2n) is 7.52. The van der Waals surface area contributed by atoms with E-state index in [0.29, 0.717) is 5.92 Å². The maximum absolute atomic E-state index is 12.6. The van der Waals surface area contributed by atoms with Crippen molar-refractivity contribution >= 4 is 11.6 Å². The molecule has 0 saturated carbocycles. The molecule has 0 aliphatic rings. The van der Waals surface area contributed by atoms with Crippen molar-refractivity contribution in [1.29, 1.82) is 5.26 Å². The highest BCUT2D eigenvalue weighted by molar-refractivity contribution is 5.76. The van der Waals surface area contributed by atoms with Crippen LogP contribution in [0.3, 0.4) is 0 Å². The normalized spacial score (nSPS) is 11.9. The van der Waals surface area contributed by atoms with Crippen LogP contribution in [0.25, 0.3) is 0 Å². The van der Waals surface area contributed by atoms with E-state index in [1.54, 1.807) is 6.07 Å². The molecule has 0 radical (unpaired) electrons. The van der Waals surface area contributed by atoms with E-state index in [1.165, 1.54) is 5.56 Å². The lowest BCUT2D eigenvalue weighted by Gasteiger charge is -2.23. The molecule has 1 aromatic carbocycles. The van der Waals surface area contributed by atoms with E-state index in [2.05, 4.69) is 19.2 Å². The summed E-state index contributed by atoms with van der Waals surface area (Å²) in [6.07, 6.45) is 0.977. The zero-order chi connectivity index (χ0) is 21.7. The maximum atomic E-state index is 12.6. The second-order valence-corrected chi connectivity index (χ2v) is 7.52. The fourth-order valence-corrected chi connectivity index (χ4v) is 3.01. The largest absolute Gasteiger partial charge is 0.347 e. The monoisotopic (exact) mass is 396 g/mol. The molecule has 2 aromatic rings. The Balaban J connectivity index is 2.26. The Morgan fingerprint density at radius 1 is 1.21 bits per heavy atom. The molecule has 2 rings (SSSR count). The molecular weight excluding hydrogens is 372 g/mol. The van der Waals surface area contributed by atoms with Crippen LogP contribution in [0.4, 0.5) is 5.69 Å². The average Bonchev–Trinajstić information content (AvgIpc) is 2.67. The first kappa shape index (κ1) is 21.8. The Bertz CT molecular complexity index is 1000. The molecule has 0 bridgehead atoms. The Morgan fingerprint density at radius 3 is 2.28 bits per heavy atom. The summed E-state index contributed by atoms with van der Waals surface area (Å²) in [6, 6.07) is 10.2. The maximum Gasteiger partial charge on any atom is 0.287 e. The molecule has 0 spiro atoms. The Kier molecular flexibility index (Phi) is 6.89. The molecule has 1 N–H and O–H groups in total. The highest BCUT2D eigenvalue weighted by Crippen LogP contribution is 2.24. The molecule has 1 aromatic heterocycles. The first-order valence-corrected chi connectivity index (χ1v) is 9.32. The quantitative estimate of drug-likeness (QED) is 0.569. The fourth-order valence-electron chi connectivity index (χ4n) is 3.01. The molecule has 8 nitrogen and oxygen atoms in total. The van der Waals surface area contributed by atoms with Gasteiger partial charge in [0.2, 0.25) is 5.91 Å². The lowest BCUT2D eigenvalue weighted by molar-refractivity contribution is -0.385. The minimum absolute atomic E-state index is 0.0837. The van der Waals surface area contributed by atoms with Crippen molar-refractivity contribution in [3.63, 3.8) is 0 Å². The van der Waals surface area contributed by atoms with Gasteiger partial charge in [-0.05, 0) is 23.0 Å². The molecular formula is C21H24N4O4. The van der Waals surface area contributed by atoms with Gasteiger partial charge in [-0.15, -0.1) is 0 Å². The summed E-state index contributed by atoms with van der Waals surface area (Å²) in [6.45, 7) is 7.72. The first-order valence-electron chi connectivity index (χ1n) is 9.32. The van der Waals surface area contributed by atoms with Crippen LogP contribution < -0.4 is 10.9 Å². The van der Waals surface area contributed by atoms with Gasteiger partial charge < -0.3 is 5.32 Å². The predicted octanol–water partition coefficient (Wildman–Crippen LogP) is 3.27. The number of benzene rings is 1. The molecule has 0 fully saturated rings. The van der Waals surface area contributed by atoms with Gasteiger partial charge in [-0.2, -0.15) is 5.26 Å². The van der Waals surface area contributed by atoms with Gasteiger partial charge in [-0.1, -0.05) is 52.0 Å². The van der Waals surface area contributed by atoms with E-state index in [0.717, 1.165) is 22.4 Å². The lowest BCUT2D eigenvalue weighted by Crippen LogP contribution is -2.37. The van der Waals surface area contributed by atoms with E-state index >= 15 is 0 Å². The number of aromatic nitrogens is 1. The van der Waals surface area contributed by atoms with Crippen molar-refractivity contribution in [3.05, 3.63) is 73.7 Å². The summed E-state index contributed by atoms with van der Waals surface area (Å²) in [5.41, 5.74) is 0.586. The number of carbonyl (C=O) groups excluding carboxylic acids is 1. The third kappa shape index (κ3) is 5.29. The minimum atomic E-state index is -0.740. The van der Waals surface area contributed by atoms with Crippen LogP contribution in [0.2, 0.25) is 0 Å². The molecule has 1 amide bonds. The van der Waals surface area contributed by atoms with Gasteiger partial charge in [-0.25, -0.2) is 0 Å². The van der Waals surface area contributed by atoms with Gasteiger partial charge in [0, 0.05) is 6.07 Å². The van der Waals surface area contributed by atoms with Crippen LogP contribution in [0.5, 0.6) is 0 Å². The van der Waals surface area contributed by atoms with Crippen LogP contribution >= 0.6 is 0 Å². The third-order valence-electron chi connectivity index (χ3n) is 4.66. The van der Waals surface area contributed by atoms with Crippen molar-refractivity contribution in [2.45, 2.75) is 46.2 Å². The smallest absolute Gasteiger partial charge is 0.287 e. The van der Waals surface area contributed by atoms with E-state index in [-0.39, 0.29) is 17.5 Å². The van der Waals surface area contributed by atoms with Crippen LogP contribution in [0.15, 0.2) is 41.3 Å². The zero-order valence-electron chi connectivity index (χ0n) is 16.9. The van der Waals surface area contributed by atoms with Crippen LogP contribution in [0.1, 0.15) is 56.3 Å². The number of nitro groups is 1. The molecule has 1 unspecified atom stereocenters. The number of nitrogens with zero attached hydrogens (tertiary/aromatic N) is 3. The molecule has 0 aliphatic carbocycles. The molecule has 8 heteroatoms. The van der Waals surface area contributed by atoms with Crippen LogP contribution in [0, 0.1) is 27.4 Å². The summed E-state index contributed by atoms with van der Waals surface area (Å²) < 4.78 is 0.894. The van der Waals surface area contributed by atoms with E-state index in [9.17, 15) is 19.7 Å². The molecule has 0 saturated heterocycles. The van der Waals surface area contributed by atoms with Gasteiger partial charge in [-0.3, -0.25) is 24.3 Å². The molecule has 0 aliphatic heterocycles. The number of amides is 1. The van der Waals surface area contributed by atoms with E-state index < -0.39 is 28.6 Å². The van der Waals surface area contributed by atoms with Gasteiger partial charge in [0.05, 0.1) is 17.2 Å². The summed E-state index contributed by atoms with van der Waals surface area (Å²) in [7, 11) is 0. The van der Waals surface area contributed by atoms with Crippen LogP contribution in [-0.2, 0) is 11.3 Å². The molecule has 1 heterocycles. The van der Waals surface area contributed by atoms with Gasteiger partial charge >= 0.3 is 0 Å². The third-order valence-corrected chi connectivity index (χ3v) is 4.66. The summed E-state index contributed by atoms with van der Waals surface area (Å²) in [4.78, 5) is 35.1. The number of rotatable bonds is 7. The van der Waals surface area contributed by atoms with Crippen molar-refractivity contribution in [1.82, 2.24) is 9.88 Å². The van der Waals surface area contributed by atoms with E-state index in [1.807, 2.05) is 38.1 Å². The van der Waals surface area contributed by atoms with Crippen molar-refractivity contribution in [2.24, 2.45) is 5.92 Å². The first-order chi connectivity index (χ1) is 13.6. The van der Waals surface area contributed by atoms with Crippen LogP contribution in [-0.4, -0.2) is 15.4 Å². The highest BCUT2D eigenvalue weighted by atomic mass is 16.6. The Hall–Kier alpha value is -3.47. The Morgan fingerprint density at radius 2 is 1.79 bits per heavy atom. The number of pyridine rings is 1. The number of nitriles is 1. The van der Waals surface area contributed by atoms with Crippen molar-refractivity contribution < 1.29 is 9.72 Å². The predicted molar refractivity (Wildman–Crippen MR) is 108 cm³/mol. The summed E-state index contributed by atoms with van der Waals surface area (Å²) in [5, 5.41) is 22.9. The number of hydrogen-bond donors (Lipinski definition) is 1.